The van der Waals surface area contributed by atoms with Gasteiger partial charge >= 0.3 is 0 Å². The fraction of sp³-hybridized carbons (Fsp3) is 0.950. The number of carbonyl (C=O) groups excluding carboxylic acids is 3. The number of aliphatic hydroxyl groups is 25. The average Bonchev–Trinajstić information content (AvgIpc) is 0.761. The third kappa shape index (κ3) is 20.3. The predicted octanol–water partition coefficient (Wildman–Crippen LogP) is -18.5. The second kappa shape index (κ2) is 39.2. The van der Waals surface area contributed by atoms with Crippen LogP contribution in [-0.4, -0.2) is 468 Å². The first kappa shape index (κ1) is 89.3. The molecule has 0 unspecified atom stereocenters. The van der Waals surface area contributed by atoms with Gasteiger partial charge in [-0.2, -0.15) is 0 Å². The fourth-order valence-electron chi connectivity index (χ4n) is 13.4. The number of hydrogen-bond donors (Lipinski definition) is 28. The number of ether oxygens (including phenoxy) is 16. The van der Waals surface area contributed by atoms with Gasteiger partial charge in [-0.15, -0.1) is 0 Å². The Hall–Kier alpha value is -3.23. The van der Waals surface area contributed by atoms with Gasteiger partial charge in [0.15, 0.2) is 50.3 Å². The molecule has 0 spiro atoms. The van der Waals surface area contributed by atoms with Gasteiger partial charge in [-0.25, -0.2) is 0 Å². The molecule has 0 aromatic heterocycles. The van der Waals surface area contributed by atoms with Gasteiger partial charge in [0.1, 0.15) is 201 Å². The molecule has 47 nitrogen and oxygen atoms in total. The van der Waals surface area contributed by atoms with Crippen LogP contribution in [0.3, 0.4) is 0 Å². The smallest absolute Gasteiger partial charge is 0.217 e. The summed E-state index contributed by atoms with van der Waals surface area (Å²) in [4.78, 5) is 38.7. The summed E-state index contributed by atoms with van der Waals surface area (Å²) in [6.07, 6.45) is -84.1. The standard InChI is InChI=1S/C60H103N3O44/c1-14-29(74)37(82)42(87)55(94-14)92-12-20(73)47(31(76)19(6-64)61-16(3)70)102-53-27(62-17(4)71)36(81)48(24(10-68)99-53)103-59-46(91)51(35(80)26(101-59)13-93-56-43(88)39(84)32(77)21(7-65)96-56)106-60-52(41(86)34(79)23(9-67)98-60)107-54-28(63-18(5)72)50(105-57-44(89)38(83)30(75)15(2)95-57)49(25(11-69)100-54)104-58-45(90)40(85)33(78)22(8-66)97-58/h14-15,19-60,64-69,73-91H,6-13H2,1-5H3,(H,61,70)(H,62,71)(H,63,72)/t14-,15-,19-,20+,21+,22+,23+,24+,25+,26+,27+,28+,29+,30+,31+,32+,33-,34+,35+,36+,37+,38+,39-,40-,41-,42-,43-,44-,45+,46-,47+,48+,49+,50+,51-,52-,53-,54-,55+,56-,57-,58-,59-,60+/m0/s1. The number of nitrogens with one attached hydrogen (secondary N) is 3. The Kier molecular flexibility index (Phi) is 32.7. The van der Waals surface area contributed by atoms with Crippen LogP contribution in [-0.2, 0) is 90.2 Å². The van der Waals surface area contributed by atoms with E-state index in [1.807, 2.05) is 0 Å². The molecule has 0 radical (unpaired) electrons. The summed E-state index contributed by atoms with van der Waals surface area (Å²) in [7, 11) is 0. The molecule has 8 rings (SSSR count). The molecule has 0 bridgehead atoms. The Labute approximate surface area is 607 Å². The minimum absolute atomic E-state index is 0.840. The van der Waals surface area contributed by atoms with Crippen molar-refractivity contribution in [1.29, 1.82) is 0 Å². The molecular formula is C60H103N3O44. The highest BCUT2D eigenvalue weighted by molar-refractivity contribution is 5.74. The lowest BCUT2D eigenvalue weighted by Gasteiger charge is -2.52. The summed E-state index contributed by atoms with van der Waals surface area (Å²) < 4.78 is 94.6. The summed E-state index contributed by atoms with van der Waals surface area (Å²) >= 11 is 0. The van der Waals surface area contributed by atoms with Gasteiger partial charge in [0.2, 0.25) is 17.7 Å². The van der Waals surface area contributed by atoms with Crippen molar-refractivity contribution in [2.75, 3.05) is 52.9 Å². The first-order valence-corrected chi connectivity index (χ1v) is 34.3. The quantitative estimate of drug-likeness (QED) is 0.0318. The van der Waals surface area contributed by atoms with E-state index in [9.17, 15) is 142 Å². The number of carbonyl (C=O) groups is 3. The Morgan fingerprint density at radius 1 is 0.346 bits per heavy atom. The van der Waals surface area contributed by atoms with Gasteiger partial charge in [-0.1, -0.05) is 0 Å². The van der Waals surface area contributed by atoms with Gasteiger partial charge < -0.3 is 219 Å². The van der Waals surface area contributed by atoms with E-state index in [0.717, 1.165) is 20.8 Å². The van der Waals surface area contributed by atoms with E-state index in [1.54, 1.807) is 0 Å². The Balaban J connectivity index is 1.14. The van der Waals surface area contributed by atoms with Crippen LogP contribution in [0.4, 0.5) is 0 Å². The van der Waals surface area contributed by atoms with E-state index >= 15 is 0 Å². The van der Waals surface area contributed by atoms with Crippen LogP contribution in [0.15, 0.2) is 0 Å². The predicted molar refractivity (Wildman–Crippen MR) is 331 cm³/mol. The summed E-state index contributed by atoms with van der Waals surface area (Å²) in [5, 5.41) is 283. The van der Waals surface area contributed by atoms with Crippen LogP contribution in [0.25, 0.3) is 0 Å². The molecule has 8 aliphatic heterocycles. The van der Waals surface area contributed by atoms with Gasteiger partial charge in [-0.3, -0.25) is 14.4 Å². The molecule has 8 fully saturated rings. The van der Waals surface area contributed by atoms with Crippen molar-refractivity contribution < 1.29 is 218 Å². The number of amides is 3. The lowest BCUT2D eigenvalue weighted by atomic mass is 9.93. The van der Waals surface area contributed by atoms with Crippen molar-refractivity contribution in [2.24, 2.45) is 0 Å². The monoisotopic (exact) mass is 1570 g/mol. The topological polar surface area (TPSA) is 741 Å². The van der Waals surface area contributed by atoms with E-state index in [0.29, 0.717) is 0 Å². The number of hydrogen-bond acceptors (Lipinski definition) is 44. The van der Waals surface area contributed by atoms with Gasteiger partial charge in [0, 0.05) is 20.8 Å². The third-order valence-corrected chi connectivity index (χ3v) is 19.5. The number of rotatable bonds is 30. The maximum absolute atomic E-state index is 13.4. The third-order valence-electron chi connectivity index (χ3n) is 19.5. The largest absolute Gasteiger partial charge is 0.394 e. The molecule has 44 atom stereocenters. The van der Waals surface area contributed by atoms with Crippen molar-refractivity contribution in [3.63, 3.8) is 0 Å². The van der Waals surface area contributed by atoms with Crippen molar-refractivity contribution in [1.82, 2.24) is 16.0 Å². The highest BCUT2D eigenvalue weighted by atomic mass is 16.8. The normalized spacial score (nSPS) is 47.6. The van der Waals surface area contributed by atoms with E-state index in [4.69, 9.17) is 75.8 Å². The molecule has 8 saturated heterocycles. The van der Waals surface area contributed by atoms with Gasteiger partial charge in [-0.05, 0) is 13.8 Å². The lowest BCUT2D eigenvalue weighted by Crippen LogP contribution is -2.71. The zero-order valence-corrected chi connectivity index (χ0v) is 58.0. The van der Waals surface area contributed by atoms with Crippen molar-refractivity contribution >= 4 is 17.7 Å². The molecule has 8 heterocycles. The zero-order chi connectivity index (χ0) is 79.2. The summed E-state index contributed by atoms with van der Waals surface area (Å²) in [5.41, 5.74) is 0. The second-order valence-corrected chi connectivity index (χ2v) is 27.2. The van der Waals surface area contributed by atoms with Crippen LogP contribution in [0.5, 0.6) is 0 Å². The Morgan fingerprint density at radius 2 is 0.738 bits per heavy atom. The molecule has 107 heavy (non-hydrogen) atoms. The van der Waals surface area contributed by atoms with E-state index < -0.39 is 340 Å². The highest BCUT2D eigenvalue weighted by Crippen LogP contribution is 2.40. The SMILES string of the molecule is CC(=O)N[C@H]1[C@H](O[C@@H]([C@H](O)[C@H](CO)NC(C)=O)[C@H](O)CO[C@@H]2O[C@@H](C)[C@@H](O)[C@@H](O)[C@@H]2O)O[C@H](CO)[C@@H](O[C@@H]2O[C@H](CO[C@H]3O[C@H](CO)[C@@H](O)[C@H](O)[C@@H]3O)[C@@H](O)[C@H](O[C@H]3O[C@H](CO)[C@@H](O)[C@H](O)[C@@H]3O[C@@H]3O[C@H](CO)[C@@H](O[C@@H]4O[C@H](CO)[C@H](O)[C@H](O)[C@H]4O)[C@H](O[C@@H]4O[C@@H](C)[C@@H](O)[C@@H](O)[C@@H]4O)[C@H]3NC(C)=O)[C@@H]2O)[C@@H]1O. The minimum Gasteiger partial charge on any atom is -0.394 e. The Bertz CT molecular complexity index is 2750. The van der Waals surface area contributed by atoms with Crippen LogP contribution in [0, 0.1) is 0 Å². The zero-order valence-electron chi connectivity index (χ0n) is 58.0. The average molecular weight is 1570 g/mol. The van der Waals surface area contributed by atoms with Gasteiger partial charge in [0.05, 0.1) is 71.1 Å². The summed E-state index contributed by atoms with van der Waals surface area (Å²) in [6, 6.07) is -5.74. The molecule has 0 aliphatic carbocycles. The van der Waals surface area contributed by atoms with E-state index in [-0.39, 0.29) is 0 Å². The van der Waals surface area contributed by atoms with Crippen molar-refractivity contribution in [3.8, 4) is 0 Å². The maximum atomic E-state index is 13.4. The molecule has 8 aliphatic rings. The first-order valence-electron chi connectivity index (χ1n) is 34.3. The van der Waals surface area contributed by atoms with Crippen LogP contribution < -0.4 is 16.0 Å². The van der Waals surface area contributed by atoms with Crippen LogP contribution in [0.1, 0.15) is 34.6 Å². The lowest BCUT2D eigenvalue weighted by molar-refractivity contribution is -0.402. The van der Waals surface area contributed by atoms with Crippen LogP contribution in [0.2, 0.25) is 0 Å². The first-order chi connectivity index (χ1) is 50.5. The molecule has 28 N–H and O–H groups in total. The van der Waals surface area contributed by atoms with Crippen molar-refractivity contribution in [3.05, 3.63) is 0 Å². The second-order valence-electron chi connectivity index (χ2n) is 27.2. The van der Waals surface area contributed by atoms with Gasteiger partial charge in [0.25, 0.3) is 0 Å². The maximum Gasteiger partial charge on any atom is 0.217 e. The van der Waals surface area contributed by atoms with E-state index in [1.165, 1.54) is 13.8 Å². The van der Waals surface area contributed by atoms with Crippen molar-refractivity contribution in [2.45, 2.75) is 304 Å². The molecule has 0 aromatic rings. The number of aliphatic hydroxyl groups excluding tert-OH is 25. The highest BCUT2D eigenvalue weighted by Gasteiger charge is 2.60. The molecule has 47 heteroatoms. The summed E-state index contributed by atoms with van der Waals surface area (Å²) in [6.45, 7) is -3.39. The molecule has 0 saturated carbocycles. The molecule has 0 aromatic carbocycles. The fourth-order valence-corrected chi connectivity index (χ4v) is 13.4. The molecule has 3 amide bonds. The Morgan fingerprint density at radius 3 is 1.26 bits per heavy atom. The molecular weight excluding hydrogens is 1470 g/mol. The van der Waals surface area contributed by atoms with Crippen LogP contribution >= 0.6 is 0 Å². The minimum atomic E-state index is -2.56. The van der Waals surface area contributed by atoms with E-state index in [2.05, 4.69) is 16.0 Å². The molecule has 622 valence electrons. The summed E-state index contributed by atoms with van der Waals surface area (Å²) in [5.74, 6) is -2.83.